The molecule has 38 heavy (non-hydrogen) atoms. The molecule has 8 nitrogen and oxygen atoms in total. The summed E-state index contributed by atoms with van der Waals surface area (Å²) in [6.45, 7) is 6.38. The molecular weight excluding hydrogens is 497 g/mol. The van der Waals surface area contributed by atoms with E-state index in [4.69, 9.17) is 4.74 Å². The monoisotopic (exact) mass is 524 g/mol. The van der Waals surface area contributed by atoms with Gasteiger partial charge in [0, 0.05) is 49.5 Å². The average molecular weight is 525 g/mol. The standard InChI is InChI=1S/C27H27F3N6O2/c1-16-5-6-32-20(9-16)14-36-12-17(2)38-24-21(23-15-34(4)33-25(23)27(28,29)30)10-19(11-22(24)26(36)37)13-35-8-7-31-18(35)3/h5-11,15,17H,12-14H2,1-4H3/t17-/m1/s1. The van der Waals surface area contributed by atoms with E-state index in [2.05, 4.69) is 15.1 Å². The molecule has 4 heterocycles. The molecule has 0 unspecified atom stereocenters. The highest BCUT2D eigenvalue weighted by Gasteiger charge is 2.39. The molecule has 1 aromatic carbocycles. The maximum absolute atomic E-state index is 14.0. The SMILES string of the molecule is Cc1ccnc(CN2C[C@@H](C)Oc3c(cc(Cn4ccnc4C)cc3-c3cn(C)nc3C(F)(F)F)C2=O)c1. The van der Waals surface area contributed by atoms with Crippen molar-refractivity contribution in [1.82, 2.24) is 29.2 Å². The molecule has 3 aromatic heterocycles. The zero-order valence-electron chi connectivity index (χ0n) is 21.5. The van der Waals surface area contributed by atoms with Gasteiger partial charge in [0.1, 0.15) is 17.7 Å². The number of imidazole rings is 1. The summed E-state index contributed by atoms with van der Waals surface area (Å²) in [5.74, 6) is 0.518. The summed E-state index contributed by atoms with van der Waals surface area (Å²) in [5, 5.41) is 3.68. The third kappa shape index (κ3) is 5.00. The lowest BCUT2D eigenvalue weighted by molar-refractivity contribution is -0.140. The van der Waals surface area contributed by atoms with Gasteiger partial charge >= 0.3 is 6.18 Å². The maximum Gasteiger partial charge on any atom is 0.435 e. The number of nitrogens with zero attached hydrogens (tertiary/aromatic N) is 6. The molecule has 11 heteroatoms. The van der Waals surface area contributed by atoms with Gasteiger partial charge in [0.05, 0.1) is 24.3 Å². The molecule has 1 amide bonds. The topological polar surface area (TPSA) is 78.1 Å². The molecule has 1 aliphatic rings. The number of hydrogen-bond acceptors (Lipinski definition) is 5. The first-order valence-electron chi connectivity index (χ1n) is 12.1. The van der Waals surface area contributed by atoms with Crippen LogP contribution in [0.3, 0.4) is 0 Å². The molecule has 0 saturated carbocycles. The second kappa shape index (κ2) is 9.62. The molecular formula is C27H27F3N6O2. The van der Waals surface area contributed by atoms with Crippen LogP contribution in [0.15, 0.2) is 49.1 Å². The van der Waals surface area contributed by atoms with E-state index in [9.17, 15) is 18.0 Å². The molecule has 0 bridgehead atoms. The molecule has 0 aliphatic carbocycles. The lowest BCUT2D eigenvalue weighted by atomic mass is 9.97. The zero-order valence-corrected chi connectivity index (χ0v) is 21.5. The van der Waals surface area contributed by atoms with Crippen molar-refractivity contribution in [3.8, 4) is 16.9 Å². The largest absolute Gasteiger partial charge is 0.487 e. The van der Waals surface area contributed by atoms with E-state index in [0.29, 0.717) is 17.8 Å². The number of halogens is 3. The van der Waals surface area contributed by atoms with E-state index in [-0.39, 0.29) is 41.4 Å². The summed E-state index contributed by atoms with van der Waals surface area (Å²) < 4.78 is 51.2. The molecule has 0 saturated heterocycles. The lowest BCUT2D eigenvalue weighted by Gasteiger charge is -2.22. The first kappa shape index (κ1) is 25.5. The Hall–Kier alpha value is -4.15. The molecule has 0 radical (unpaired) electrons. The number of ether oxygens (including phenoxy) is 1. The van der Waals surface area contributed by atoms with Gasteiger partial charge in [-0.2, -0.15) is 18.3 Å². The van der Waals surface area contributed by atoms with E-state index in [1.165, 1.54) is 13.2 Å². The van der Waals surface area contributed by atoms with Crippen LogP contribution in [0.2, 0.25) is 0 Å². The van der Waals surface area contributed by atoms with Gasteiger partial charge in [-0.3, -0.25) is 14.5 Å². The van der Waals surface area contributed by atoms with Crippen LogP contribution in [0.5, 0.6) is 5.75 Å². The summed E-state index contributed by atoms with van der Waals surface area (Å²) in [5.41, 5.74) is 1.55. The molecule has 1 aliphatic heterocycles. The fourth-order valence-electron chi connectivity index (χ4n) is 4.75. The van der Waals surface area contributed by atoms with Crippen LogP contribution in [0.25, 0.3) is 11.1 Å². The van der Waals surface area contributed by atoms with Crippen molar-refractivity contribution in [3.63, 3.8) is 0 Å². The van der Waals surface area contributed by atoms with E-state index >= 15 is 0 Å². The number of rotatable bonds is 5. The molecule has 5 rings (SSSR count). The van der Waals surface area contributed by atoms with Crippen LogP contribution in [0, 0.1) is 13.8 Å². The Morgan fingerprint density at radius 3 is 2.50 bits per heavy atom. The first-order chi connectivity index (χ1) is 18.0. The van der Waals surface area contributed by atoms with Crippen molar-refractivity contribution in [2.75, 3.05) is 6.54 Å². The van der Waals surface area contributed by atoms with Crippen molar-refractivity contribution >= 4 is 5.91 Å². The van der Waals surface area contributed by atoms with Crippen molar-refractivity contribution in [2.45, 2.75) is 46.1 Å². The molecule has 198 valence electrons. The number of pyridine rings is 1. The fraction of sp³-hybridized carbons (Fsp3) is 0.333. The first-order valence-corrected chi connectivity index (χ1v) is 12.1. The van der Waals surface area contributed by atoms with Crippen LogP contribution in [-0.2, 0) is 26.3 Å². The van der Waals surface area contributed by atoms with Gasteiger partial charge in [-0.05, 0) is 56.2 Å². The van der Waals surface area contributed by atoms with Gasteiger partial charge in [-0.15, -0.1) is 0 Å². The minimum atomic E-state index is -4.69. The predicted molar refractivity (Wildman–Crippen MR) is 134 cm³/mol. The minimum Gasteiger partial charge on any atom is -0.487 e. The summed E-state index contributed by atoms with van der Waals surface area (Å²) in [6.07, 6.45) is 1.26. The highest BCUT2D eigenvalue weighted by atomic mass is 19.4. The molecule has 1 atom stereocenters. The Morgan fingerprint density at radius 1 is 1.05 bits per heavy atom. The summed E-state index contributed by atoms with van der Waals surface area (Å²) in [6, 6.07) is 7.11. The highest BCUT2D eigenvalue weighted by Crippen LogP contribution is 2.43. The highest BCUT2D eigenvalue weighted by molar-refractivity contribution is 6.00. The smallest absolute Gasteiger partial charge is 0.435 e. The fourth-order valence-corrected chi connectivity index (χ4v) is 4.75. The summed E-state index contributed by atoms with van der Waals surface area (Å²) in [4.78, 5) is 24.2. The quantitative estimate of drug-likeness (QED) is 0.375. The van der Waals surface area contributed by atoms with E-state index in [1.54, 1.807) is 42.5 Å². The molecule has 4 aromatic rings. The Bertz CT molecular complexity index is 1510. The number of fused-ring (bicyclic) bond motifs is 1. The minimum absolute atomic E-state index is 0.117. The Morgan fingerprint density at radius 2 is 1.82 bits per heavy atom. The Kier molecular flexibility index (Phi) is 6.46. The average Bonchev–Trinajstić information content (AvgIpc) is 3.41. The van der Waals surface area contributed by atoms with Crippen molar-refractivity contribution in [3.05, 3.63) is 83.0 Å². The molecule has 0 spiro atoms. The van der Waals surface area contributed by atoms with Crippen LogP contribution in [0.4, 0.5) is 13.2 Å². The van der Waals surface area contributed by atoms with Gasteiger partial charge < -0.3 is 14.2 Å². The van der Waals surface area contributed by atoms with E-state index < -0.39 is 18.0 Å². The predicted octanol–water partition coefficient (Wildman–Crippen LogP) is 4.79. The molecule has 0 fully saturated rings. The van der Waals surface area contributed by atoms with Crippen molar-refractivity contribution in [1.29, 1.82) is 0 Å². The number of benzene rings is 1. The number of aryl methyl sites for hydroxylation is 3. The van der Waals surface area contributed by atoms with E-state index in [0.717, 1.165) is 16.1 Å². The normalized spacial score (nSPS) is 15.8. The number of carbonyl (C=O) groups is 1. The second-order valence-electron chi connectivity index (χ2n) is 9.62. The second-order valence-corrected chi connectivity index (χ2v) is 9.62. The van der Waals surface area contributed by atoms with Crippen LogP contribution in [0.1, 0.15) is 45.6 Å². The van der Waals surface area contributed by atoms with Gasteiger partial charge in [-0.1, -0.05) is 0 Å². The third-order valence-corrected chi connectivity index (χ3v) is 6.45. The maximum atomic E-state index is 14.0. The number of carbonyl (C=O) groups excluding carboxylic acids is 1. The third-order valence-electron chi connectivity index (χ3n) is 6.45. The van der Waals surface area contributed by atoms with Crippen molar-refractivity contribution in [2.24, 2.45) is 7.05 Å². The van der Waals surface area contributed by atoms with Crippen LogP contribution < -0.4 is 4.74 Å². The number of aromatic nitrogens is 5. The van der Waals surface area contributed by atoms with Gasteiger partial charge in [0.25, 0.3) is 5.91 Å². The molecule has 0 N–H and O–H groups in total. The van der Waals surface area contributed by atoms with Gasteiger partial charge in [0.15, 0.2) is 5.69 Å². The van der Waals surface area contributed by atoms with Gasteiger partial charge in [0.2, 0.25) is 0 Å². The summed E-state index contributed by atoms with van der Waals surface area (Å²) in [7, 11) is 1.43. The Labute approximate surface area is 217 Å². The van der Waals surface area contributed by atoms with Crippen LogP contribution >= 0.6 is 0 Å². The number of alkyl halides is 3. The summed E-state index contributed by atoms with van der Waals surface area (Å²) >= 11 is 0. The van der Waals surface area contributed by atoms with Crippen LogP contribution in [-0.4, -0.2) is 47.8 Å². The zero-order chi connectivity index (χ0) is 27.2. The van der Waals surface area contributed by atoms with E-state index in [1.807, 2.05) is 30.5 Å². The lowest BCUT2D eigenvalue weighted by Crippen LogP contribution is -2.35. The number of amides is 1. The Balaban J connectivity index is 1.67. The number of hydrogen-bond donors (Lipinski definition) is 0. The van der Waals surface area contributed by atoms with Gasteiger partial charge in [-0.25, -0.2) is 4.98 Å². The van der Waals surface area contributed by atoms with Crippen molar-refractivity contribution < 1.29 is 22.7 Å².